The number of fused-ring (bicyclic) bond motifs is 1. The fourth-order valence-corrected chi connectivity index (χ4v) is 5.65. The minimum absolute atomic E-state index is 0.00865. The fraction of sp³-hybridized carbons (Fsp3) is 0.500. The largest absolute Gasteiger partial charge is 0.416 e. The predicted octanol–water partition coefficient (Wildman–Crippen LogP) is 3.86. The number of carbonyl (C=O) groups is 1. The van der Waals surface area contributed by atoms with Crippen LogP contribution in [0.15, 0.2) is 36.4 Å². The number of amides is 1. The van der Waals surface area contributed by atoms with Gasteiger partial charge in [0, 0.05) is 30.3 Å². The van der Waals surface area contributed by atoms with E-state index in [1.807, 2.05) is 12.1 Å². The van der Waals surface area contributed by atoms with Crippen molar-refractivity contribution >= 4 is 34.2 Å². The van der Waals surface area contributed by atoms with E-state index in [2.05, 4.69) is 20.5 Å². The van der Waals surface area contributed by atoms with Crippen LogP contribution in [0.25, 0.3) is 11.0 Å². The maximum absolute atomic E-state index is 13.8. The van der Waals surface area contributed by atoms with E-state index in [1.54, 1.807) is 17.9 Å². The van der Waals surface area contributed by atoms with Crippen LogP contribution in [0.2, 0.25) is 5.02 Å². The number of halogens is 4. The summed E-state index contributed by atoms with van der Waals surface area (Å²) in [5.74, 6) is 0.0263. The lowest BCUT2D eigenvalue weighted by Gasteiger charge is -2.43. The van der Waals surface area contributed by atoms with Gasteiger partial charge in [-0.25, -0.2) is 4.68 Å². The second-order valence-electron chi connectivity index (χ2n) is 9.93. The molecule has 1 amide bonds. The highest BCUT2D eigenvalue weighted by atomic mass is 35.5. The number of hydrogen-bond acceptors (Lipinski definition) is 6. The van der Waals surface area contributed by atoms with Crippen LogP contribution in [-0.4, -0.2) is 75.8 Å². The predicted molar refractivity (Wildman–Crippen MR) is 138 cm³/mol. The first-order valence-corrected chi connectivity index (χ1v) is 13.2. The number of benzene rings is 2. The van der Waals surface area contributed by atoms with Crippen LogP contribution in [0.3, 0.4) is 0 Å². The number of piperidine rings is 1. The average molecular weight is 551 g/mol. The van der Waals surface area contributed by atoms with E-state index in [4.69, 9.17) is 11.6 Å². The third-order valence-electron chi connectivity index (χ3n) is 7.54. The number of anilines is 1. The molecule has 2 aliphatic rings. The normalized spacial score (nSPS) is 21.6. The van der Waals surface area contributed by atoms with Crippen LogP contribution < -0.4 is 10.2 Å². The Morgan fingerprint density at radius 1 is 1.21 bits per heavy atom. The van der Waals surface area contributed by atoms with Gasteiger partial charge in [-0.3, -0.25) is 4.79 Å². The van der Waals surface area contributed by atoms with E-state index in [9.17, 15) is 23.1 Å². The number of nitrogens with zero attached hydrogens (tertiary/aromatic N) is 5. The first kappa shape index (κ1) is 26.7. The van der Waals surface area contributed by atoms with Gasteiger partial charge in [-0.15, -0.1) is 5.10 Å². The number of aromatic nitrogens is 3. The lowest BCUT2D eigenvalue weighted by Crippen LogP contribution is -2.60. The van der Waals surface area contributed by atoms with Crippen molar-refractivity contribution in [2.75, 3.05) is 37.7 Å². The van der Waals surface area contributed by atoms with Gasteiger partial charge < -0.3 is 20.2 Å². The molecule has 3 aromatic rings. The monoisotopic (exact) mass is 550 g/mol. The zero-order chi connectivity index (χ0) is 27.0. The van der Waals surface area contributed by atoms with E-state index >= 15 is 0 Å². The van der Waals surface area contributed by atoms with Gasteiger partial charge in [0.15, 0.2) is 0 Å². The number of nitrogens with one attached hydrogen (secondary N) is 1. The molecule has 1 aromatic heterocycles. The molecule has 12 heteroatoms. The first-order valence-electron chi connectivity index (χ1n) is 12.8. The molecule has 3 atom stereocenters. The highest BCUT2D eigenvalue weighted by Gasteiger charge is 2.36. The van der Waals surface area contributed by atoms with Gasteiger partial charge in [0.1, 0.15) is 5.52 Å². The Morgan fingerprint density at radius 2 is 2.03 bits per heavy atom. The molecule has 8 nitrogen and oxygen atoms in total. The van der Waals surface area contributed by atoms with Gasteiger partial charge in [-0.2, -0.15) is 13.2 Å². The number of aliphatic hydroxyl groups excluding tert-OH is 1. The van der Waals surface area contributed by atoms with Crippen molar-refractivity contribution in [1.82, 2.24) is 25.2 Å². The Kier molecular flexibility index (Phi) is 7.52. The summed E-state index contributed by atoms with van der Waals surface area (Å²) < 4.78 is 42.8. The Labute approximate surface area is 223 Å². The van der Waals surface area contributed by atoms with Gasteiger partial charge in [0.05, 0.1) is 35.8 Å². The molecule has 2 fully saturated rings. The summed E-state index contributed by atoms with van der Waals surface area (Å²) in [6.07, 6.45) is -1.71. The second-order valence-corrected chi connectivity index (χ2v) is 10.4. The van der Waals surface area contributed by atoms with E-state index in [-0.39, 0.29) is 35.2 Å². The molecule has 1 unspecified atom stereocenters. The van der Waals surface area contributed by atoms with Crippen molar-refractivity contribution in [1.29, 1.82) is 0 Å². The summed E-state index contributed by atoms with van der Waals surface area (Å²) in [4.78, 5) is 16.9. The topological polar surface area (TPSA) is 86.5 Å². The maximum atomic E-state index is 13.8. The van der Waals surface area contributed by atoms with Gasteiger partial charge in [-0.05, 0) is 62.2 Å². The molecule has 0 bridgehead atoms. The van der Waals surface area contributed by atoms with E-state index < -0.39 is 17.8 Å². The summed E-state index contributed by atoms with van der Waals surface area (Å²) in [7, 11) is 0. The number of aliphatic hydroxyl groups is 1. The lowest BCUT2D eigenvalue weighted by atomic mass is 10.0. The highest BCUT2D eigenvalue weighted by Crippen LogP contribution is 2.38. The SMILES string of the molecule is C[C@H](c1ccc(Cl)cc1C(F)(F)F)n1nnc2ccc(N3CCN(C(=O)C4CCCCN4)[C@H](CO)C3)cc21. The quantitative estimate of drug-likeness (QED) is 0.502. The fourth-order valence-electron chi connectivity index (χ4n) is 5.48. The Morgan fingerprint density at radius 3 is 2.74 bits per heavy atom. The zero-order valence-electron chi connectivity index (χ0n) is 21.0. The Bertz CT molecular complexity index is 1310. The Balaban J connectivity index is 1.40. The molecule has 0 radical (unpaired) electrons. The summed E-state index contributed by atoms with van der Waals surface area (Å²) in [5, 5.41) is 21.7. The first-order chi connectivity index (χ1) is 18.2. The van der Waals surface area contributed by atoms with Crippen LogP contribution in [0.5, 0.6) is 0 Å². The van der Waals surface area contributed by atoms with Gasteiger partial charge in [0.2, 0.25) is 5.91 Å². The van der Waals surface area contributed by atoms with Gasteiger partial charge >= 0.3 is 6.18 Å². The summed E-state index contributed by atoms with van der Waals surface area (Å²) in [5.41, 5.74) is 1.20. The number of alkyl halides is 3. The molecule has 204 valence electrons. The molecule has 0 spiro atoms. The number of carbonyl (C=O) groups excluding carboxylic acids is 1. The van der Waals surface area contributed by atoms with Crippen molar-refractivity contribution in [3.8, 4) is 0 Å². The minimum Gasteiger partial charge on any atom is -0.394 e. The number of hydrogen-bond donors (Lipinski definition) is 2. The van der Waals surface area contributed by atoms with Crippen LogP contribution in [-0.2, 0) is 11.0 Å². The van der Waals surface area contributed by atoms with Crippen LogP contribution >= 0.6 is 11.6 Å². The van der Waals surface area contributed by atoms with Crippen molar-refractivity contribution in [3.05, 3.63) is 52.5 Å². The molecular weight excluding hydrogens is 521 g/mol. The smallest absolute Gasteiger partial charge is 0.394 e. The average Bonchev–Trinajstić information content (AvgIpc) is 3.35. The third-order valence-corrected chi connectivity index (χ3v) is 7.78. The van der Waals surface area contributed by atoms with Gasteiger partial charge in [-0.1, -0.05) is 29.3 Å². The molecule has 2 aromatic carbocycles. The molecule has 2 aliphatic heterocycles. The molecule has 0 saturated carbocycles. The third kappa shape index (κ3) is 5.19. The van der Waals surface area contributed by atoms with Crippen molar-refractivity contribution in [3.63, 3.8) is 0 Å². The van der Waals surface area contributed by atoms with E-state index in [1.165, 1.54) is 16.8 Å². The second kappa shape index (κ2) is 10.7. The molecule has 38 heavy (non-hydrogen) atoms. The van der Waals surface area contributed by atoms with E-state index in [0.717, 1.165) is 37.6 Å². The molecule has 3 heterocycles. The molecule has 2 N–H and O–H groups in total. The zero-order valence-corrected chi connectivity index (χ0v) is 21.7. The highest BCUT2D eigenvalue weighted by molar-refractivity contribution is 6.30. The molecular formula is C26H30ClF3N6O2. The number of rotatable bonds is 5. The summed E-state index contributed by atoms with van der Waals surface area (Å²) in [6, 6.07) is 7.92. The molecule has 2 saturated heterocycles. The van der Waals surface area contributed by atoms with Crippen LogP contribution in [0, 0.1) is 0 Å². The van der Waals surface area contributed by atoms with Crippen molar-refractivity contribution in [2.45, 2.75) is 50.5 Å². The van der Waals surface area contributed by atoms with Crippen molar-refractivity contribution in [2.24, 2.45) is 0 Å². The summed E-state index contributed by atoms with van der Waals surface area (Å²) in [6.45, 7) is 3.77. The maximum Gasteiger partial charge on any atom is 0.416 e. The van der Waals surface area contributed by atoms with E-state index in [0.29, 0.717) is 30.7 Å². The standard InChI is InChI=1S/C26H30ClF3N6O2/c1-16(20-7-5-17(27)12-21(20)26(28,29)30)36-24-13-18(6-8-22(24)32-33-36)34-10-11-35(19(14-34)15-37)25(38)23-4-2-3-9-31-23/h5-8,12-13,16,19,23,31,37H,2-4,9-11,14-15H2,1H3/t16-,19+,23?/m1/s1. The van der Waals surface area contributed by atoms with Gasteiger partial charge in [0.25, 0.3) is 0 Å². The Hall–Kier alpha value is -2.89. The summed E-state index contributed by atoms with van der Waals surface area (Å²) >= 11 is 5.87. The van der Waals surface area contributed by atoms with Crippen molar-refractivity contribution < 1.29 is 23.1 Å². The van der Waals surface area contributed by atoms with Crippen LogP contribution in [0.1, 0.15) is 43.4 Å². The van der Waals surface area contributed by atoms with Crippen LogP contribution in [0.4, 0.5) is 18.9 Å². The molecule has 5 rings (SSSR count). The number of piperazine rings is 1. The lowest BCUT2D eigenvalue weighted by molar-refractivity contribution is -0.139. The minimum atomic E-state index is -4.57. The molecule has 0 aliphatic carbocycles.